The highest BCUT2D eigenvalue weighted by atomic mass is 16.3. The third-order valence-corrected chi connectivity index (χ3v) is 1.95. The van der Waals surface area contributed by atoms with Crippen molar-refractivity contribution in [1.82, 2.24) is 5.32 Å². The zero-order valence-corrected chi connectivity index (χ0v) is 11.4. The van der Waals surface area contributed by atoms with Crippen LogP contribution in [0, 0.1) is 12.8 Å². The second-order valence-electron chi connectivity index (χ2n) is 3.27. The van der Waals surface area contributed by atoms with Crippen LogP contribution in [0.15, 0.2) is 30.3 Å². The minimum Gasteiger partial charge on any atom is -0.394 e. The number of benzene rings is 1. The molecule has 0 aliphatic rings. The van der Waals surface area contributed by atoms with Gasteiger partial charge in [-0.15, -0.1) is 12.8 Å². The number of terminal acetylenes is 1. The Labute approximate surface area is 110 Å². The zero-order chi connectivity index (χ0) is 14.4. The highest BCUT2D eigenvalue weighted by Gasteiger charge is 2.08. The molecule has 0 aromatic heterocycles. The predicted molar refractivity (Wildman–Crippen MR) is 76.1 cm³/mol. The van der Waals surface area contributed by atoms with E-state index in [4.69, 9.17) is 5.11 Å². The molecule has 3 nitrogen and oxygen atoms in total. The minimum atomic E-state index is -0.185. The van der Waals surface area contributed by atoms with E-state index in [1.54, 1.807) is 0 Å². The van der Waals surface area contributed by atoms with Gasteiger partial charge in [0.25, 0.3) is 0 Å². The maximum atomic E-state index is 10.8. The topological polar surface area (TPSA) is 49.3 Å². The van der Waals surface area contributed by atoms with E-state index in [0.29, 0.717) is 6.42 Å². The predicted octanol–water partition coefficient (Wildman–Crippen LogP) is 2.00. The molecule has 1 unspecified atom stereocenters. The van der Waals surface area contributed by atoms with E-state index in [0.717, 1.165) is 5.56 Å². The van der Waals surface area contributed by atoms with Crippen molar-refractivity contribution in [2.75, 3.05) is 6.61 Å². The van der Waals surface area contributed by atoms with Gasteiger partial charge >= 0.3 is 0 Å². The Morgan fingerprint density at radius 1 is 1.28 bits per heavy atom. The van der Waals surface area contributed by atoms with Crippen LogP contribution in [-0.2, 0) is 11.2 Å². The van der Waals surface area contributed by atoms with Crippen molar-refractivity contribution >= 4 is 5.91 Å². The molecule has 0 saturated carbocycles. The van der Waals surface area contributed by atoms with Gasteiger partial charge in [-0.1, -0.05) is 44.2 Å². The van der Waals surface area contributed by atoms with Crippen LogP contribution < -0.4 is 5.32 Å². The van der Waals surface area contributed by atoms with Crippen LogP contribution in [0.5, 0.6) is 0 Å². The summed E-state index contributed by atoms with van der Waals surface area (Å²) in [7, 11) is 0. The van der Waals surface area contributed by atoms with E-state index in [9.17, 15) is 4.79 Å². The van der Waals surface area contributed by atoms with E-state index in [1.165, 1.54) is 6.92 Å². The van der Waals surface area contributed by atoms with Gasteiger partial charge in [0.15, 0.2) is 0 Å². The molecule has 1 rings (SSSR count). The maximum absolute atomic E-state index is 10.8. The number of aliphatic hydroxyl groups excluding tert-OH is 1. The first-order valence-electron chi connectivity index (χ1n) is 5.97. The van der Waals surface area contributed by atoms with Crippen LogP contribution in [0.4, 0.5) is 0 Å². The first kappa shape index (κ1) is 18.6. The number of rotatable bonds is 4. The van der Waals surface area contributed by atoms with Gasteiger partial charge in [-0.2, -0.15) is 0 Å². The SMILES string of the molecule is C#C.CC.CC(=O)NC(CO)Cc1ccccc1. The summed E-state index contributed by atoms with van der Waals surface area (Å²) in [6, 6.07) is 9.59. The quantitative estimate of drug-likeness (QED) is 0.802. The Morgan fingerprint density at radius 2 is 1.78 bits per heavy atom. The lowest BCUT2D eigenvalue weighted by Crippen LogP contribution is -2.37. The monoisotopic (exact) mass is 249 g/mol. The molecule has 1 amide bonds. The van der Waals surface area contributed by atoms with E-state index in [2.05, 4.69) is 18.2 Å². The summed E-state index contributed by atoms with van der Waals surface area (Å²) < 4.78 is 0. The first-order valence-corrected chi connectivity index (χ1v) is 5.97. The van der Waals surface area contributed by atoms with Gasteiger partial charge in [-0.25, -0.2) is 0 Å². The van der Waals surface area contributed by atoms with E-state index in [1.807, 2.05) is 44.2 Å². The molecular formula is C15H23NO2. The molecule has 0 fully saturated rings. The van der Waals surface area contributed by atoms with Crippen LogP contribution >= 0.6 is 0 Å². The fraction of sp³-hybridized carbons (Fsp3) is 0.400. The van der Waals surface area contributed by atoms with Gasteiger partial charge < -0.3 is 10.4 Å². The molecule has 0 heterocycles. The second-order valence-corrected chi connectivity index (χ2v) is 3.27. The number of hydrogen-bond acceptors (Lipinski definition) is 2. The van der Waals surface area contributed by atoms with Gasteiger partial charge in [0.05, 0.1) is 12.6 Å². The smallest absolute Gasteiger partial charge is 0.217 e. The summed E-state index contributed by atoms with van der Waals surface area (Å²) in [5, 5.41) is 11.7. The maximum Gasteiger partial charge on any atom is 0.217 e. The molecule has 100 valence electrons. The van der Waals surface area contributed by atoms with Gasteiger partial charge in [-0.05, 0) is 12.0 Å². The second kappa shape index (κ2) is 13.3. The van der Waals surface area contributed by atoms with E-state index in [-0.39, 0.29) is 18.6 Å². The molecule has 1 atom stereocenters. The number of aliphatic hydroxyl groups is 1. The molecule has 0 aliphatic carbocycles. The van der Waals surface area contributed by atoms with Crippen LogP contribution in [0.3, 0.4) is 0 Å². The number of amides is 1. The highest BCUT2D eigenvalue weighted by Crippen LogP contribution is 2.02. The minimum absolute atomic E-state index is 0.0333. The Kier molecular flexibility index (Phi) is 13.7. The van der Waals surface area contributed by atoms with Crippen molar-refractivity contribution in [1.29, 1.82) is 0 Å². The van der Waals surface area contributed by atoms with Crippen molar-refractivity contribution in [2.24, 2.45) is 0 Å². The molecule has 0 bridgehead atoms. The molecule has 0 aliphatic heterocycles. The number of nitrogens with one attached hydrogen (secondary N) is 1. The van der Waals surface area contributed by atoms with E-state index >= 15 is 0 Å². The number of carbonyl (C=O) groups is 1. The van der Waals surface area contributed by atoms with Crippen molar-refractivity contribution in [3.05, 3.63) is 35.9 Å². The van der Waals surface area contributed by atoms with Crippen molar-refractivity contribution in [3.8, 4) is 12.8 Å². The molecule has 1 aromatic carbocycles. The molecule has 0 saturated heterocycles. The first-order chi connectivity index (χ1) is 8.72. The highest BCUT2D eigenvalue weighted by molar-refractivity contribution is 5.73. The fourth-order valence-corrected chi connectivity index (χ4v) is 1.35. The molecular weight excluding hydrogens is 226 g/mol. The van der Waals surface area contributed by atoms with Crippen LogP contribution in [0.25, 0.3) is 0 Å². The van der Waals surface area contributed by atoms with Crippen LogP contribution in [-0.4, -0.2) is 23.7 Å². The van der Waals surface area contributed by atoms with Gasteiger partial charge in [0, 0.05) is 6.92 Å². The lowest BCUT2D eigenvalue weighted by molar-refractivity contribution is -0.119. The Hall–Kier alpha value is -1.79. The average molecular weight is 249 g/mol. The molecule has 3 heteroatoms. The third-order valence-electron chi connectivity index (χ3n) is 1.95. The van der Waals surface area contributed by atoms with Gasteiger partial charge in [-0.3, -0.25) is 4.79 Å². The largest absolute Gasteiger partial charge is 0.394 e. The standard InChI is InChI=1S/C11H15NO2.C2H6.C2H2/c1-9(14)12-11(8-13)7-10-5-3-2-4-6-10;2*1-2/h2-6,11,13H,7-8H2,1H3,(H,12,14);1-2H3;1-2H. The molecule has 0 radical (unpaired) electrons. The lowest BCUT2D eigenvalue weighted by Gasteiger charge is -2.14. The van der Waals surface area contributed by atoms with Crippen molar-refractivity contribution in [3.63, 3.8) is 0 Å². The zero-order valence-electron chi connectivity index (χ0n) is 11.4. The summed E-state index contributed by atoms with van der Waals surface area (Å²) >= 11 is 0. The fourth-order valence-electron chi connectivity index (χ4n) is 1.35. The van der Waals surface area contributed by atoms with Gasteiger partial charge in [0.1, 0.15) is 0 Å². The Balaban J connectivity index is 0. The molecule has 2 N–H and O–H groups in total. The third kappa shape index (κ3) is 9.44. The molecule has 1 aromatic rings. The van der Waals surface area contributed by atoms with Crippen molar-refractivity contribution in [2.45, 2.75) is 33.2 Å². The summed E-state index contributed by atoms with van der Waals surface area (Å²) in [5.41, 5.74) is 1.11. The lowest BCUT2D eigenvalue weighted by atomic mass is 10.1. The molecule has 0 spiro atoms. The van der Waals surface area contributed by atoms with Gasteiger partial charge in [0.2, 0.25) is 5.91 Å². The Morgan fingerprint density at radius 3 is 2.17 bits per heavy atom. The number of hydrogen-bond donors (Lipinski definition) is 2. The summed E-state index contributed by atoms with van der Waals surface area (Å²) in [6.45, 7) is 5.42. The van der Waals surface area contributed by atoms with Crippen molar-refractivity contribution < 1.29 is 9.90 Å². The molecule has 18 heavy (non-hydrogen) atoms. The Bertz CT molecular complexity index is 320. The average Bonchev–Trinajstić information content (AvgIpc) is 2.43. The summed E-state index contributed by atoms with van der Waals surface area (Å²) in [6.07, 6.45) is 8.66. The van der Waals surface area contributed by atoms with Crippen LogP contribution in [0.1, 0.15) is 26.3 Å². The summed E-state index contributed by atoms with van der Waals surface area (Å²) in [5.74, 6) is -0.111. The summed E-state index contributed by atoms with van der Waals surface area (Å²) in [4.78, 5) is 10.8. The normalized spacial score (nSPS) is 9.89. The van der Waals surface area contributed by atoms with Crippen LogP contribution in [0.2, 0.25) is 0 Å². The van der Waals surface area contributed by atoms with E-state index < -0.39 is 0 Å². The number of carbonyl (C=O) groups excluding carboxylic acids is 1.